The van der Waals surface area contributed by atoms with Gasteiger partial charge in [-0.1, -0.05) is 12.1 Å². The number of ether oxygens (including phenoxy) is 1. The molecule has 0 fully saturated rings. The fraction of sp³-hybridized carbons (Fsp3) is 0.133. The summed E-state index contributed by atoms with van der Waals surface area (Å²) in [5.41, 5.74) is 0.842. The Morgan fingerprint density at radius 3 is 2.50 bits per heavy atom. The lowest BCUT2D eigenvalue weighted by molar-refractivity contribution is -0.115. The molecule has 0 unspecified atom stereocenters. The highest BCUT2D eigenvalue weighted by Crippen LogP contribution is 2.15. The summed E-state index contributed by atoms with van der Waals surface area (Å²) >= 11 is 0. The standard InChI is InChI=1S/C15H13F2NO2/c1-20-14-4-2-3-10(5-14)6-15(19)18-13-8-11(16)7-12(17)9-13/h2-5,7-9H,6H2,1H3,(H,18,19). The van der Waals surface area contributed by atoms with Gasteiger partial charge in [0, 0.05) is 11.8 Å². The molecule has 104 valence electrons. The molecular weight excluding hydrogens is 264 g/mol. The summed E-state index contributed by atoms with van der Waals surface area (Å²) in [5, 5.41) is 2.45. The largest absolute Gasteiger partial charge is 0.497 e. The topological polar surface area (TPSA) is 38.3 Å². The van der Waals surface area contributed by atoms with E-state index >= 15 is 0 Å². The predicted octanol–water partition coefficient (Wildman–Crippen LogP) is 3.15. The van der Waals surface area contributed by atoms with Crippen LogP contribution in [0.1, 0.15) is 5.56 Å². The van der Waals surface area contributed by atoms with Crippen LogP contribution in [0, 0.1) is 11.6 Å². The van der Waals surface area contributed by atoms with Gasteiger partial charge in [0.05, 0.1) is 13.5 Å². The molecule has 0 bridgehead atoms. The number of carbonyl (C=O) groups excluding carboxylic acids is 1. The second kappa shape index (κ2) is 6.14. The first kappa shape index (κ1) is 14.0. The minimum Gasteiger partial charge on any atom is -0.497 e. The maximum Gasteiger partial charge on any atom is 0.228 e. The van der Waals surface area contributed by atoms with Gasteiger partial charge in [0.25, 0.3) is 0 Å². The maximum atomic E-state index is 13.0. The van der Waals surface area contributed by atoms with Gasteiger partial charge in [-0.15, -0.1) is 0 Å². The number of amides is 1. The van der Waals surface area contributed by atoms with Crippen LogP contribution in [-0.2, 0) is 11.2 Å². The molecular formula is C15H13F2NO2. The molecule has 1 amide bonds. The molecule has 0 heterocycles. The van der Waals surface area contributed by atoms with E-state index < -0.39 is 11.6 Å². The highest BCUT2D eigenvalue weighted by Gasteiger charge is 2.07. The average molecular weight is 277 g/mol. The SMILES string of the molecule is COc1cccc(CC(=O)Nc2cc(F)cc(F)c2)c1. The molecule has 2 aromatic rings. The second-order valence-electron chi connectivity index (χ2n) is 4.23. The second-order valence-corrected chi connectivity index (χ2v) is 4.23. The normalized spacial score (nSPS) is 10.2. The van der Waals surface area contributed by atoms with Gasteiger partial charge in [-0.05, 0) is 29.8 Å². The molecule has 0 aliphatic rings. The van der Waals surface area contributed by atoms with Crippen LogP contribution in [0.5, 0.6) is 5.75 Å². The van der Waals surface area contributed by atoms with Crippen LogP contribution in [0.15, 0.2) is 42.5 Å². The van der Waals surface area contributed by atoms with E-state index in [1.165, 1.54) is 7.11 Å². The van der Waals surface area contributed by atoms with Crippen LogP contribution in [0.3, 0.4) is 0 Å². The number of nitrogens with one attached hydrogen (secondary N) is 1. The summed E-state index contributed by atoms with van der Waals surface area (Å²) in [4.78, 5) is 11.8. The molecule has 0 saturated carbocycles. The third kappa shape index (κ3) is 3.78. The average Bonchev–Trinajstić information content (AvgIpc) is 2.37. The number of benzene rings is 2. The summed E-state index contributed by atoms with van der Waals surface area (Å²) < 4.78 is 31.0. The third-order valence-corrected chi connectivity index (χ3v) is 2.65. The van der Waals surface area contributed by atoms with Gasteiger partial charge in [-0.3, -0.25) is 4.79 Å². The number of methoxy groups -OCH3 is 1. The Hall–Kier alpha value is -2.43. The van der Waals surface area contributed by atoms with Gasteiger partial charge in [-0.25, -0.2) is 8.78 Å². The minimum absolute atomic E-state index is 0.0926. The van der Waals surface area contributed by atoms with Crippen LogP contribution >= 0.6 is 0 Å². The monoisotopic (exact) mass is 277 g/mol. The van der Waals surface area contributed by atoms with Crippen molar-refractivity contribution >= 4 is 11.6 Å². The van der Waals surface area contributed by atoms with Crippen molar-refractivity contribution in [3.63, 3.8) is 0 Å². The minimum atomic E-state index is -0.735. The van der Waals surface area contributed by atoms with Crippen molar-refractivity contribution in [3.8, 4) is 5.75 Å². The third-order valence-electron chi connectivity index (χ3n) is 2.65. The van der Waals surface area contributed by atoms with E-state index in [9.17, 15) is 13.6 Å². The van der Waals surface area contributed by atoms with E-state index in [0.29, 0.717) is 5.75 Å². The van der Waals surface area contributed by atoms with E-state index in [0.717, 1.165) is 23.8 Å². The molecule has 0 saturated heterocycles. The molecule has 0 aromatic heterocycles. The Morgan fingerprint density at radius 2 is 1.85 bits per heavy atom. The molecule has 0 spiro atoms. The van der Waals surface area contributed by atoms with Gasteiger partial charge >= 0.3 is 0 Å². The predicted molar refractivity (Wildman–Crippen MR) is 71.7 cm³/mol. The molecule has 0 atom stereocenters. The Labute approximate surface area is 115 Å². The van der Waals surface area contributed by atoms with E-state index in [1.54, 1.807) is 24.3 Å². The Kier molecular flexibility index (Phi) is 4.30. The van der Waals surface area contributed by atoms with Crippen LogP contribution in [-0.4, -0.2) is 13.0 Å². The highest BCUT2D eigenvalue weighted by atomic mass is 19.1. The molecule has 1 N–H and O–H groups in total. The van der Waals surface area contributed by atoms with Crippen molar-refractivity contribution in [1.82, 2.24) is 0 Å². The van der Waals surface area contributed by atoms with Crippen molar-refractivity contribution in [2.45, 2.75) is 6.42 Å². The molecule has 2 rings (SSSR count). The van der Waals surface area contributed by atoms with Crippen LogP contribution in [0.2, 0.25) is 0 Å². The number of hydrogen-bond donors (Lipinski definition) is 1. The van der Waals surface area contributed by atoms with Crippen molar-refractivity contribution in [2.24, 2.45) is 0 Å². The van der Waals surface area contributed by atoms with Crippen molar-refractivity contribution in [2.75, 3.05) is 12.4 Å². The van der Waals surface area contributed by atoms with Crippen LogP contribution < -0.4 is 10.1 Å². The smallest absolute Gasteiger partial charge is 0.228 e. The first-order chi connectivity index (χ1) is 9.56. The number of hydrogen-bond acceptors (Lipinski definition) is 2. The van der Waals surface area contributed by atoms with E-state index in [-0.39, 0.29) is 18.0 Å². The first-order valence-electron chi connectivity index (χ1n) is 5.95. The Morgan fingerprint density at radius 1 is 1.15 bits per heavy atom. The molecule has 0 aliphatic heterocycles. The fourth-order valence-electron chi connectivity index (χ4n) is 1.80. The zero-order chi connectivity index (χ0) is 14.5. The van der Waals surface area contributed by atoms with Crippen molar-refractivity contribution in [1.29, 1.82) is 0 Å². The number of carbonyl (C=O) groups is 1. The molecule has 20 heavy (non-hydrogen) atoms. The Balaban J connectivity index is 2.04. The number of anilines is 1. The maximum absolute atomic E-state index is 13.0. The lowest BCUT2D eigenvalue weighted by Crippen LogP contribution is -2.14. The quantitative estimate of drug-likeness (QED) is 0.932. The summed E-state index contributed by atoms with van der Waals surface area (Å²) in [6.07, 6.45) is 0.0926. The van der Waals surface area contributed by atoms with Crippen molar-refractivity contribution in [3.05, 3.63) is 59.7 Å². The zero-order valence-electron chi connectivity index (χ0n) is 10.8. The molecule has 5 heteroatoms. The van der Waals surface area contributed by atoms with E-state index in [2.05, 4.69) is 5.32 Å². The van der Waals surface area contributed by atoms with Gasteiger partial charge in [0.15, 0.2) is 0 Å². The number of halogens is 2. The van der Waals surface area contributed by atoms with Crippen molar-refractivity contribution < 1.29 is 18.3 Å². The zero-order valence-corrected chi connectivity index (χ0v) is 10.8. The lowest BCUT2D eigenvalue weighted by Gasteiger charge is -2.07. The van der Waals surface area contributed by atoms with Gasteiger partial charge in [0.2, 0.25) is 5.91 Å². The molecule has 0 radical (unpaired) electrons. The van der Waals surface area contributed by atoms with Gasteiger partial charge in [0.1, 0.15) is 17.4 Å². The fourth-order valence-corrected chi connectivity index (χ4v) is 1.80. The first-order valence-corrected chi connectivity index (χ1v) is 5.95. The Bertz CT molecular complexity index is 609. The van der Waals surface area contributed by atoms with Crippen LogP contribution in [0.25, 0.3) is 0 Å². The number of rotatable bonds is 4. The van der Waals surface area contributed by atoms with E-state index in [1.807, 2.05) is 0 Å². The van der Waals surface area contributed by atoms with Gasteiger partial charge < -0.3 is 10.1 Å². The summed E-state index contributed by atoms with van der Waals surface area (Å²) in [5.74, 6) is -1.18. The van der Waals surface area contributed by atoms with Crippen LogP contribution in [0.4, 0.5) is 14.5 Å². The molecule has 3 nitrogen and oxygen atoms in total. The molecule has 2 aromatic carbocycles. The summed E-state index contributed by atoms with van der Waals surface area (Å²) in [6, 6.07) is 9.91. The van der Waals surface area contributed by atoms with Gasteiger partial charge in [-0.2, -0.15) is 0 Å². The summed E-state index contributed by atoms with van der Waals surface area (Å²) in [6.45, 7) is 0. The van der Waals surface area contributed by atoms with E-state index in [4.69, 9.17) is 4.74 Å². The molecule has 0 aliphatic carbocycles. The summed E-state index contributed by atoms with van der Waals surface area (Å²) in [7, 11) is 1.54. The lowest BCUT2D eigenvalue weighted by atomic mass is 10.1. The highest BCUT2D eigenvalue weighted by molar-refractivity contribution is 5.92.